The number of para-hydroxylation sites is 1. The highest BCUT2D eigenvalue weighted by Crippen LogP contribution is 2.26. The third kappa shape index (κ3) is 3.83. The number of hydrogen-bond acceptors (Lipinski definition) is 4. The van der Waals surface area contributed by atoms with Crippen LogP contribution in [0.4, 0.5) is 16.2 Å². The number of anilines is 2. The third-order valence-electron chi connectivity index (χ3n) is 4.40. The van der Waals surface area contributed by atoms with Gasteiger partial charge in [0.25, 0.3) is 11.8 Å². The van der Waals surface area contributed by atoms with Crippen molar-refractivity contribution in [2.75, 3.05) is 37.5 Å². The maximum absolute atomic E-state index is 12.5. The zero-order chi connectivity index (χ0) is 19.4. The lowest BCUT2D eigenvalue weighted by atomic mass is 10.1. The largest absolute Gasteiger partial charge is 0.385 e. The van der Waals surface area contributed by atoms with Crippen LogP contribution in [0, 0.1) is 0 Å². The predicted octanol–water partition coefficient (Wildman–Crippen LogP) is 2.99. The molecule has 3 rings (SSSR count). The first-order chi connectivity index (χ1) is 13.0. The smallest absolute Gasteiger partial charge is 0.326 e. The molecule has 0 fully saturated rings. The number of rotatable bonds is 6. The number of nitrogens with zero attached hydrogens (tertiary/aromatic N) is 2. The first-order valence-electron chi connectivity index (χ1n) is 8.62. The minimum Gasteiger partial charge on any atom is -0.385 e. The summed E-state index contributed by atoms with van der Waals surface area (Å²) >= 11 is 0. The molecule has 0 radical (unpaired) electrons. The summed E-state index contributed by atoms with van der Waals surface area (Å²) in [7, 11) is 3.23. The minimum atomic E-state index is -0.349. The second kappa shape index (κ2) is 8.01. The van der Waals surface area contributed by atoms with E-state index in [0.717, 1.165) is 5.69 Å². The number of methoxy groups -OCH3 is 1. The number of amides is 4. The maximum atomic E-state index is 12.5. The van der Waals surface area contributed by atoms with Crippen LogP contribution < -0.4 is 10.2 Å². The molecule has 0 saturated carbocycles. The summed E-state index contributed by atoms with van der Waals surface area (Å²) in [6.07, 6.45) is 0.577. The van der Waals surface area contributed by atoms with Crippen LogP contribution in [0.5, 0.6) is 0 Å². The van der Waals surface area contributed by atoms with E-state index in [2.05, 4.69) is 5.32 Å². The molecule has 0 aromatic heterocycles. The van der Waals surface area contributed by atoms with Gasteiger partial charge in [0.05, 0.1) is 11.1 Å². The van der Waals surface area contributed by atoms with Gasteiger partial charge in [-0.1, -0.05) is 18.2 Å². The Bertz CT molecular complexity index is 867. The van der Waals surface area contributed by atoms with Crippen molar-refractivity contribution in [1.82, 2.24) is 4.90 Å². The summed E-state index contributed by atoms with van der Waals surface area (Å²) in [6.45, 7) is 0.777. The molecule has 1 aliphatic rings. The van der Waals surface area contributed by atoms with E-state index in [1.807, 2.05) is 30.3 Å². The molecular formula is C20H21N3O4. The van der Waals surface area contributed by atoms with Crippen LogP contribution in [0.15, 0.2) is 48.5 Å². The molecule has 1 aliphatic heterocycles. The Kier molecular flexibility index (Phi) is 5.52. The molecule has 0 saturated heterocycles. The molecule has 2 aromatic carbocycles. The van der Waals surface area contributed by atoms with Gasteiger partial charge >= 0.3 is 6.03 Å². The maximum Gasteiger partial charge on any atom is 0.326 e. The van der Waals surface area contributed by atoms with Crippen molar-refractivity contribution < 1.29 is 19.1 Å². The van der Waals surface area contributed by atoms with Crippen LogP contribution >= 0.6 is 0 Å². The zero-order valence-corrected chi connectivity index (χ0v) is 15.3. The predicted molar refractivity (Wildman–Crippen MR) is 102 cm³/mol. The Labute approximate surface area is 157 Å². The summed E-state index contributed by atoms with van der Waals surface area (Å²) in [5, 5.41) is 2.76. The van der Waals surface area contributed by atoms with Crippen molar-refractivity contribution in [3.05, 3.63) is 59.7 Å². The lowest BCUT2D eigenvalue weighted by Gasteiger charge is -2.18. The quantitative estimate of drug-likeness (QED) is 0.629. The standard InChI is InChI=1S/C20H21N3O4/c1-22(15-7-4-3-5-8-15)20(26)21-14-9-10-16-17(13-14)19(25)23(18(16)24)11-6-12-27-2/h3-5,7-10,13H,6,11-12H2,1-2H3,(H,21,26). The molecule has 2 aromatic rings. The summed E-state index contributed by atoms with van der Waals surface area (Å²) in [5.41, 5.74) is 1.86. The van der Waals surface area contributed by atoms with Gasteiger partial charge in [-0.25, -0.2) is 4.79 Å². The Balaban J connectivity index is 1.73. The number of urea groups is 1. The Hall–Kier alpha value is -3.19. The summed E-state index contributed by atoms with van der Waals surface area (Å²) in [5.74, 6) is -0.663. The van der Waals surface area contributed by atoms with Gasteiger partial charge in [0.1, 0.15) is 0 Å². The molecule has 7 nitrogen and oxygen atoms in total. The number of hydrogen-bond donors (Lipinski definition) is 1. The van der Waals surface area contributed by atoms with Gasteiger partial charge in [0.2, 0.25) is 0 Å². The normalized spacial score (nSPS) is 12.9. The number of fused-ring (bicyclic) bond motifs is 1. The summed E-state index contributed by atoms with van der Waals surface area (Å²) in [6, 6.07) is 13.6. The van der Waals surface area contributed by atoms with Crippen molar-refractivity contribution in [3.63, 3.8) is 0 Å². The second-order valence-corrected chi connectivity index (χ2v) is 6.19. The SMILES string of the molecule is COCCCN1C(=O)c2ccc(NC(=O)N(C)c3ccccc3)cc2C1=O. The van der Waals surface area contributed by atoms with E-state index in [1.54, 1.807) is 32.4 Å². The van der Waals surface area contributed by atoms with Crippen LogP contribution in [0.3, 0.4) is 0 Å². The first-order valence-corrected chi connectivity index (χ1v) is 8.62. The highest BCUT2D eigenvalue weighted by atomic mass is 16.5. The van der Waals surface area contributed by atoms with E-state index in [-0.39, 0.29) is 17.8 Å². The lowest BCUT2D eigenvalue weighted by Crippen LogP contribution is -2.31. The molecule has 7 heteroatoms. The van der Waals surface area contributed by atoms with Crippen LogP contribution in [0.25, 0.3) is 0 Å². The van der Waals surface area contributed by atoms with E-state index in [4.69, 9.17) is 4.74 Å². The van der Waals surface area contributed by atoms with Crippen molar-refractivity contribution in [2.24, 2.45) is 0 Å². The van der Waals surface area contributed by atoms with Gasteiger partial charge in [-0.05, 0) is 36.8 Å². The average Bonchev–Trinajstić information content (AvgIpc) is 2.92. The summed E-state index contributed by atoms with van der Waals surface area (Å²) < 4.78 is 4.97. The fourth-order valence-electron chi connectivity index (χ4n) is 2.91. The lowest BCUT2D eigenvalue weighted by molar-refractivity contribution is 0.0638. The van der Waals surface area contributed by atoms with Crippen molar-refractivity contribution in [3.8, 4) is 0 Å². The van der Waals surface area contributed by atoms with Gasteiger partial charge in [-0.15, -0.1) is 0 Å². The van der Waals surface area contributed by atoms with Gasteiger partial charge in [0.15, 0.2) is 0 Å². The Morgan fingerprint density at radius 3 is 2.48 bits per heavy atom. The van der Waals surface area contributed by atoms with E-state index in [0.29, 0.717) is 36.4 Å². The zero-order valence-electron chi connectivity index (χ0n) is 15.3. The van der Waals surface area contributed by atoms with Crippen LogP contribution in [0.2, 0.25) is 0 Å². The fourth-order valence-corrected chi connectivity index (χ4v) is 2.91. The van der Waals surface area contributed by atoms with Crippen molar-refractivity contribution in [1.29, 1.82) is 0 Å². The minimum absolute atomic E-state index is 0.303. The van der Waals surface area contributed by atoms with Gasteiger partial charge in [-0.2, -0.15) is 0 Å². The van der Waals surface area contributed by atoms with Crippen LogP contribution in [-0.4, -0.2) is 50.1 Å². The van der Waals surface area contributed by atoms with E-state index in [1.165, 1.54) is 9.80 Å². The topological polar surface area (TPSA) is 79.0 Å². The molecule has 27 heavy (non-hydrogen) atoms. The molecule has 140 valence electrons. The Morgan fingerprint density at radius 2 is 1.78 bits per heavy atom. The molecule has 0 unspecified atom stereocenters. The fraction of sp³-hybridized carbons (Fsp3) is 0.250. The number of imide groups is 1. The molecule has 1 N–H and O–H groups in total. The molecule has 0 aliphatic carbocycles. The number of nitrogens with one attached hydrogen (secondary N) is 1. The molecule has 4 amide bonds. The summed E-state index contributed by atoms with van der Waals surface area (Å²) in [4.78, 5) is 40.1. The van der Waals surface area contributed by atoms with Crippen LogP contribution in [-0.2, 0) is 4.74 Å². The van der Waals surface area contributed by atoms with E-state index in [9.17, 15) is 14.4 Å². The first kappa shape index (κ1) is 18.6. The molecule has 0 atom stereocenters. The van der Waals surface area contributed by atoms with Crippen LogP contribution in [0.1, 0.15) is 27.1 Å². The number of carbonyl (C=O) groups is 3. The number of carbonyl (C=O) groups excluding carboxylic acids is 3. The number of benzene rings is 2. The van der Waals surface area contributed by atoms with Gasteiger partial charge in [0, 0.05) is 38.7 Å². The monoisotopic (exact) mass is 367 g/mol. The second-order valence-electron chi connectivity index (χ2n) is 6.19. The van der Waals surface area contributed by atoms with Gasteiger partial charge in [-0.3, -0.25) is 19.4 Å². The molecule has 1 heterocycles. The van der Waals surface area contributed by atoms with Gasteiger partial charge < -0.3 is 10.1 Å². The van der Waals surface area contributed by atoms with Crippen molar-refractivity contribution in [2.45, 2.75) is 6.42 Å². The third-order valence-corrected chi connectivity index (χ3v) is 4.40. The Morgan fingerprint density at radius 1 is 1.07 bits per heavy atom. The highest BCUT2D eigenvalue weighted by molar-refractivity contribution is 6.22. The highest BCUT2D eigenvalue weighted by Gasteiger charge is 2.35. The van der Waals surface area contributed by atoms with E-state index >= 15 is 0 Å². The molecular weight excluding hydrogens is 346 g/mol. The average molecular weight is 367 g/mol. The molecule has 0 bridgehead atoms. The number of ether oxygens (including phenoxy) is 1. The van der Waals surface area contributed by atoms with Crippen molar-refractivity contribution >= 4 is 29.2 Å². The molecule has 0 spiro atoms. The van der Waals surface area contributed by atoms with E-state index < -0.39 is 0 Å².